The molecule has 0 amide bonds. The zero-order chi connectivity index (χ0) is 13.7. The summed E-state index contributed by atoms with van der Waals surface area (Å²) in [6, 6.07) is 0. The summed E-state index contributed by atoms with van der Waals surface area (Å²) in [5.41, 5.74) is 1.42. The predicted octanol–water partition coefficient (Wildman–Crippen LogP) is 3.23. The predicted molar refractivity (Wildman–Crippen MR) is 81.3 cm³/mol. The van der Waals surface area contributed by atoms with Gasteiger partial charge in [0.2, 0.25) is 0 Å². The first kappa shape index (κ1) is 13.9. The van der Waals surface area contributed by atoms with E-state index in [1.54, 1.807) is 0 Å². The number of rotatable bonds is 5. The van der Waals surface area contributed by atoms with Crippen LogP contribution in [0.4, 0.5) is 0 Å². The highest BCUT2D eigenvalue weighted by molar-refractivity contribution is 5.24. The van der Waals surface area contributed by atoms with Crippen LogP contribution in [0.15, 0.2) is 0 Å². The van der Waals surface area contributed by atoms with Gasteiger partial charge in [0.25, 0.3) is 0 Å². The monoisotopic (exact) mass is 264 g/mol. The van der Waals surface area contributed by atoms with Crippen molar-refractivity contribution in [3.8, 4) is 0 Å². The second-order valence-electron chi connectivity index (χ2n) is 8.28. The van der Waals surface area contributed by atoms with Crippen molar-refractivity contribution < 1.29 is 0 Å². The Morgan fingerprint density at radius 2 is 1.47 bits per heavy atom. The molecule has 19 heavy (non-hydrogen) atoms. The van der Waals surface area contributed by atoms with Crippen LogP contribution < -0.4 is 0 Å². The Morgan fingerprint density at radius 1 is 0.895 bits per heavy atom. The van der Waals surface area contributed by atoms with Gasteiger partial charge < -0.3 is 4.90 Å². The summed E-state index contributed by atoms with van der Waals surface area (Å²) in [6.07, 6.45) is 5.87. The molecule has 2 nitrogen and oxygen atoms in total. The molecule has 0 atom stereocenters. The van der Waals surface area contributed by atoms with Crippen LogP contribution in [0.3, 0.4) is 0 Å². The molecule has 0 aromatic carbocycles. The van der Waals surface area contributed by atoms with E-state index in [4.69, 9.17) is 0 Å². The third kappa shape index (κ3) is 2.25. The van der Waals surface area contributed by atoms with Crippen LogP contribution in [0.5, 0.6) is 0 Å². The van der Waals surface area contributed by atoms with Gasteiger partial charge in [-0.05, 0) is 49.5 Å². The van der Waals surface area contributed by atoms with Crippen molar-refractivity contribution in [1.82, 2.24) is 9.80 Å². The third-order valence-electron chi connectivity index (χ3n) is 6.33. The summed E-state index contributed by atoms with van der Waals surface area (Å²) in [6.45, 7) is 16.1. The van der Waals surface area contributed by atoms with Gasteiger partial charge in [-0.15, -0.1) is 0 Å². The largest absolute Gasteiger partial charge is 0.301 e. The Kier molecular flexibility index (Phi) is 3.46. The molecule has 0 aromatic heterocycles. The number of nitrogens with zero attached hydrogens (tertiary/aromatic N) is 2. The summed E-state index contributed by atoms with van der Waals surface area (Å²) in [5, 5.41) is 0. The van der Waals surface area contributed by atoms with E-state index in [0.29, 0.717) is 5.54 Å². The summed E-state index contributed by atoms with van der Waals surface area (Å²) < 4.78 is 0. The van der Waals surface area contributed by atoms with Crippen LogP contribution in [0, 0.1) is 17.3 Å². The van der Waals surface area contributed by atoms with Crippen molar-refractivity contribution >= 4 is 0 Å². The Labute approximate surface area is 119 Å². The lowest BCUT2D eigenvalue weighted by Crippen LogP contribution is -2.77. The molecule has 2 bridgehead atoms. The molecule has 2 heteroatoms. The van der Waals surface area contributed by atoms with Crippen molar-refractivity contribution in [3.05, 3.63) is 0 Å². The second-order valence-corrected chi connectivity index (χ2v) is 8.28. The van der Waals surface area contributed by atoms with Gasteiger partial charge in [0.1, 0.15) is 0 Å². The summed E-state index contributed by atoms with van der Waals surface area (Å²) in [7, 11) is 0. The number of piperazine rings is 1. The van der Waals surface area contributed by atoms with Gasteiger partial charge in [-0.25, -0.2) is 0 Å². The topological polar surface area (TPSA) is 6.48 Å². The van der Waals surface area contributed by atoms with E-state index in [9.17, 15) is 0 Å². The van der Waals surface area contributed by atoms with Crippen LogP contribution in [-0.4, -0.2) is 48.1 Å². The molecule has 0 N–H and O–H groups in total. The van der Waals surface area contributed by atoms with Gasteiger partial charge in [0.15, 0.2) is 0 Å². The molecule has 3 saturated carbocycles. The maximum Gasteiger partial charge on any atom is 0.0226 e. The molecule has 1 heterocycles. The normalized spacial score (nSPS) is 39.5. The first-order valence-corrected chi connectivity index (χ1v) is 8.43. The number of hydrogen-bond donors (Lipinski definition) is 0. The molecule has 4 aliphatic rings. The first-order valence-electron chi connectivity index (χ1n) is 8.43. The van der Waals surface area contributed by atoms with Crippen molar-refractivity contribution in [3.63, 3.8) is 0 Å². The fourth-order valence-electron chi connectivity index (χ4n) is 4.65. The average Bonchev–Trinajstić information content (AvgIpc) is 2.23. The van der Waals surface area contributed by atoms with E-state index < -0.39 is 0 Å². The molecule has 0 aromatic rings. The van der Waals surface area contributed by atoms with Gasteiger partial charge in [-0.1, -0.05) is 27.7 Å². The van der Waals surface area contributed by atoms with E-state index in [-0.39, 0.29) is 0 Å². The minimum absolute atomic E-state index is 0.661. The van der Waals surface area contributed by atoms with Gasteiger partial charge in [0.05, 0.1) is 0 Å². The fraction of sp³-hybridized carbons (Fsp3) is 1.00. The Balaban J connectivity index is 1.43. The molecule has 4 fully saturated rings. The van der Waals surface area contributed by atoms with Crippen molar-refractivity contribution in [2.24, 2.45) is 17.3 Å². The Morgan fingerprint density at radius 3 is 1.95 bits per heavy atom. The molecular weight excluding hydrogens is 232 g/mol. The summed E-state index contributed by atoms with van der Waals surface area (Å²) in [5.74, 6) is 1.75. The van der Waals surface area contributed by atoms with Crippen molar-refractivity contribution in [2.45, 2.75) is 58.9 Å². The lowest BCUT2D eigenvalue weighted by atomic mass is 9.35. The average molecular weight is 264 g/mol. The lowest BCUT2D eigenvalue weighted by Gasteiger charge is -2.76. The summed E-state index contributed by atoms with van der Waals surface area (Å²) in [4.78, 5) is 5.52. The first-order chi connectivity index (χ1) is 8.96. The van der Waals surface area contributed by atoms with E-state index in [1.807, 2.05) is 0 Å². The quantitative estimate of drug-likeness (QED) is 0.752. The SMILES string of the molecule is CC(C)CCN1CCN(C23CC(C(C)C)(C2)C3)CC1. The molecule has 3 aliphatic carbocycles. The molecular formula is C17H32N2. The van der Waals surface area contributed by atoms with Gasteiger partial charge in [0, 0.05) is 31.7 Å². The van der Waals surface area contributed by atoms with Crippen LogP contribution >= 0.6 is 0 Å². The number of hydrogen-bond acceptors (Lipinski definition) is 2. The molecule has 110 valence electrons. The maximum absolute atomic E-state index is 2.84. The van der Waals surface area contributed by atoms with Crippen molar-refractivity contribution in [1.29, 1.82) is 0 Å². The van der Waals surface area contributed by atoms with Crippen LogP contribution in [-0.2, 0) is 0 Å². The highest BCUT2D eigenvalue weighted by Gasteiger charge is 2.70. The molecule has 0 spiro atoms. The summed E-state index contributed by atoms with van der Waals surface area (Å²) >= 11 is 0. The molecule has 0 unspecified atom stereocenters. The smallest absolute Gasteiger partial charge is 0.0226 e. The Bertz CT molecular complexity index is 306. The highest BCUT2D eigenvalue weighted by Crippen LogP contribution is 2.72. The third-order valence-corrected chi connectivity index (χ3v) is 6.33. The van der Waals surface area contributed by atoms with E-state index in [2.05, 4.69) is 37.5 Å². The van der Waals surface area contributed by atoms with Crippen LogP contribution in [0.1, 0.15) is 53.4 Å². The Hall–Kier alpha value is -0.0800. The molecule has 1 saturated heterocycles. The van der Waals surface area contributed by atoms with Crippen LogP contribution in [0.2, 0.25) is 0 Å². The van der Waals surface area contributed by atoms with Gasteiger partial charge in [-0.3, -0.25) is 4.90 Å². The van der Waals surface area contributed by atoms with Gasteiger partial charge >= 0.3 is 0 Å². The minimum Gasteiger partial charge on any atom is -0.301 e. The second kappa shape index (κ2) is 4.73. The van der Waals surface area contributed by atoms with Crippen LogP contribution in [0.25, 0.3) is 0 Å². The maximum atomic E-state index is 2.84. The minimum atomic E-state index is 0.661. The zero-order valence-corrected chi connectivity index (χ0v) is 13.4. The fourth-order valence-corrected chi connectivity index (χ4v) is 4.65. The lowest BCUT2D eigenvalue weighted by molar-refractivity contribution is -0.246. The molecule has 0 radical (unpaired) electrons. The molecule has 1 aliphatic heterocycles. The molecule has 4 rings (SSSR count). The van der Waals surface area contributed by atoms with Crippen molar-refractivity contribution in [2.75, 3.05) is 32.7 Å². The van der Waals surface area contributed by atoms with Gasteiger partial charge in [-0.2, -0.15) is 0 Å². The standard InChI is InChI=1S/C17H32N2/c1-14(2)5-6-18-7-9-19(10-8-18)17-11-16(12-17,13-17)15(3)4/h14-15H,5-13H2,1-4H3. The van der Waals surface area contributed by atoms with E-state index >= 15 is 0 Å². The highest BCUT2D eigenvalue weighted by atomic mass is 15.3. The zero-order valence-electron chi connectivity index (χ0n) is 13.4. The van der Waals surface area contributed by atoms with E-state index in [1.165, 1.54) is 58.4 Å². The van der Waals surface area contributed by atoms with E-state index in [0.717, 1.165) is 17.3 Å².